The van der Waals surface area contributed by atoms with Crippen LogP contribution in [0.5, 0.6) is 5.75 Å². The van der Waals surface area contributed by atoms with Gasteiger partial charge in [0.25, 0.3) is 5.91 Å². The predicted octanol–water partition coefficient (Wildman–Crippen LogP) is 1.34. The van der Waals surface area contributed by atoms with Crippen molar-refractivity contribution in [1.82, 2.24) is 4.90 Å². The smallest absolute Gasteiger partial charge is 0.334 e. The van der Waals surface area contributed by atoms with Crippen molar-refractivity contribution in [2.45, 2.75) is 13.0 Å². The Balaban J connectivity index is 1.92. The summed E-state index contributed by atoms with van der Waals surface area (Å²) in [5.74, 6) is -0.926. The van der Waals surface area contributed by atoms with Crippen LogP contribution < -0.4 is 4.74 Å². The second-order valence-electron chi connectivity index (χ2n) is 4.76. The summed E-state index contributed by atoms with van der Waals surface area (Å²) in [4.78, 5) is 24.3. The topological polar surface area (TPSA) is 76.1 Å². The van der Waals surface area contributed by atoms with Crippen LogP contribution in [0.25, 0.3) is 0 Å². The van der Waals surface area contributed by atoms with E-state index in [1.807, 2.05) is 13.0 Å². The van der Waals surface area contributed by atoms with Crippen LogP contribution in [0.3, 0.4) is 0 Å². The molecule has 1 amide bonds. The summed E-state index contributed by atoms with van der Waals surface area (Å²) in [7, 11) is 0. The summed E-state index contributed by atoms with van der Waals surface area (Å²) >= 11 is 5.98. The fourth-order valence-corrected chi connectivity index (χ4v) is 2.15. The number of aliphatic carboxylic acids is 1. The van der Waals surface area contributed by atoms with Gasteiger partial charge in [-0.3, -0.25) is 4.79 Å². The molecule has 1 aromatic rings. The van der Waals surface area contributed by atoms with Gasteiger partial charge in [0.05, 0.1) is 18.2 Å². The molecule has 0 spiro atoms. The van der Waals surface area contributed by atoms with Crippen LogP contribution in [-0.2, 0) is 14.3 Å². The second kappa shape index (κ2) is 6.78. The van der Waals surface area contributed by atoms with Gasteiger partial charge in [-0.15, -0.1) is 0 Å². The Labute approximate surface area is 127 Å². The number of carbonyl (C=O) groups is 2. The van der Waals surface area contributed by atoms with Gasteiger partial charge >= 0.3 is 5.97 Å². The highest BCUT2D eigenvalue weighted by molar-refractivity contribution is 6.32. The first-order chi connectivity index (χ1) is 9.97. The standard InChI is InChI=1S/C14H16ClNO5/c1-9-2-3-10(15)11(6-9)21-8-13(17)16-4-5-20-12(7-16)14(18)19/h2-3,6,12H,4-5,7-8H2,1H3,(H,18,19). The highest BCUT2D eigenvalue weighted by Gasteiger charge is 2.29. The first kappa shape index (κ1) is 15.6. The van der Waals surface area contributed by atoms with E-state index in [4.69, 9.17) is 26.2 Å². The van der Waals surface area contributed by atoms with E-state index < -0.39 is 12.1 Å². The molecule has 1 saturated heterocycles. The van der Waals surface area contributed by atoms with Gasteiger partial charge in [0.15, 0.2) is 12.7 Å². The zero-order valence-corrected chi connectivity index (χ0v) is 12.3. The van der Waals surface area contributed by atoms with E-state index in [-0.39, 0.29) is 25.7 Å². The van der Waals surface area contributed by atoms with Crippen LogP contribution in [0.15, 0.2) is 18.2 Å². The largest absolute Gasteiger partial charge is 0.482 e. The molecule has 1 aliphatic rings. The molecule has 1 atom stereocenters. The van der Waals surface area contributed by atoms with Gasteiger partial charge < -0.3 is 19.5 Å². The summed E-state index contributed by atoms with van der Waals surface area (Å²) < 4.78 is 10.5. The molecule has 7 heteroatoms. The third-order valence-electron chi connectivity index (χ3n) is 3.13. The molecule has 0 saturated carbocycles. The van der Waals surface area contributed by atoms with Crippen LogP contribution in [-0.4, -0.2) is 54.3 Å². The average Bonchev–Trinajstić information content (AvgIpc) is 2.48. The van der Waals surface area contributed by atoms with Gasteiger partial charge in [0.2, 0.25) is 0 Å². The van der Waals surface area contributed by atoms with Crippen molar-refractivity contribution < 1.29 is 24.2 Å². The Hall–Kier alpha value is -1.79. The number of hydrogen-bond acceptors (Lipinski definition) is 4. The number of carbonyl (C=O) groups excluding carboxylic acids is 1. The molecule has 0 aliphatic carbocycles. The minimum absolute atomic E-state index is 0.0269. The molecule has 0 bridgehead atoms. The number of aryl methyl sites for hydroxylation is 1. The number of rotatable bonds is 4. The van der Waals surface area contributed by atoms with E-state index in [0.29, 0.717) is 17.3 Å². The van der Waals surface area contributed by atoms with E-state index in [2.05, 4.69) is 0 Å². The molecule has 1 fully saturated rings. The van der Waals surface area contributed by atoms with Crippen LogP contribution in [0.1, 0.15) is 5.56 Å². The van der Waals surface area contributed by atoms with Crippen LogP contribution in [0.4, 0.5) is 0 Å². The predicted molar refractivity (Wildman–Crippen MR) is 75.6 cm³/mol. The Kier molecular flexibility index (Phi) is 5.03. The highest BCUT2D eigenvalue weighted by atomic mass is 35.5. The monoisotopic (exact) mass is 313 g/mol. The Morgan fingerprint density at radius 2 is 2.29 bits per heavy atom. The fourth-order valence-electron chi connectivity index (χ4n) is 1.98. The molecule has 114 valence electrons. The molecule has 1 unspecified atom stereocenters. The van der Waals surface area contributed by atoms with E-state index in [9.17, 15) is 9.59 Å². The number of ether oxygens (including phenoxy) is 2. The van der Waals surface area contributed by atoms with Crippen molar-refractivity contribution in [2.75, 3.05) is 26.3 Å². The minimum atomic E-state index is -1.07. The van der Waals surface area contributed by atoms with Crippen molar-refractivity contribution >= 4 is 23.5 Å². The van der Waals surface area contributed by atoms with E-state index in [1.165, 1.54) is 4.90 Å². The van der Waals surface area contributed by atoms with Crippen molar-refractivity contribution in [1.29, 1.82) is 0 Å². The lowest BCUT2D eigenvalue weighted by atomic mass is 10.2. The third-order valence-corrected chi connectivity index (χ3v) is 3.44. The van der Waals surface area contributed by atoms with E-state index in [1.54, 1.807) is 12.1 Å². The van der Waals surface area contributed by atoms with Crippen molar-refractivity contribution in [3.8, 4) is 5.75 Å². The number of morpholine rings is 1. The summed E-state index contributed by atoms with van der Waals surface area (Å²) in [5.41, 5.74) is 0.971. The highest BCUT2D eigenvalue weighted by Crippen LogP contribution is 2.25. The molecule has 0 radical (unpaired) electrons. The lowest BCUT2D eigenvalue weighted by molar-refractivity contribution is -0.159. The second-order valence-corrected chi connectivity index (χ2v) is 5.17. The first-order valence-corrected chi connectivity index (χ1v) is 6.86. The van der Waals surface area contributed by atoms with Gasteiger partial charge in [-0.2, -0.15) is 0 Å². The molecular formula is C14H16ClNO5. The summed E-state index contributed by atoms with van der Waals surface area (Å²) in [5, 5.41) is 9.33. The van der Waals surface area contributed by atoms with Crippen molar-refractivity contribution in [3.05, 3.63) is 28.8 Å². The van der Waals surface area contributed by atoms with Crippen LogP contribution >= 0.6 is 11.6 Å². The lowest BCUT2D eigenvalue weighted by Gasteiger charge is -2.30. The number of hydrogen-bond donors (Lipinski definition) is 1. The molecule has 0 aromatic heterocycles. The number of nitrogens with zero attached hydrogens (tertiary/aromatic N) is 1. The number of carboxylic acids is 1. The quantitative estimate of drug-likeness (QED) is 0.908. The molecule has 21 heavy (non-hydrogen) atoms. The normalized spacial score (nSPS) is 18.4. The number of benzene rings is 1. The summed E-state index contributed by atoms with van der Waals surface area (Å²) in [6, 6.07) is 5.29. The van der Waals surface area contributed by atoms with E-state index in [0.717, 1.165) is 5.56 Å². The van der Waals surface area contributed by atoms with Gasteiger partial charge in [0.1, 0.15) is 5.75 Å². The fraction of sp³-hybridized carbons (Fsp3) is 0.429. The maximum atomic E-state index is 12.0. The number of carboxylic acid groups (broad SMARTS) is 1. The van der Waals surface area contributed by atoms with E-state index >= 15 is 0 Å². The molecule has 1 aliphatic heterocycles. The van der Waals surface area contributed by atoms with Crippen LogP contribution in [0, 0.1) is 6.92 Å². The number of amides is 1. The van der Waals surface area contributed by atoms with Crippen molar-refractivity contribution in [3.63, 3.8) is 0 Å². The van der Waals surface area contributed by atoms with Gasteiger partial charge in [-0.1, -0.05) is 17.7 Å². The zero-order valence-electron chi connectivity index (χ0n) is 11.5. The molecule has 1 N–H and O–H groups in total. The average molecular weight is 314 g/mol. The molecule has 1 aromatic carbocycles. The molecule has 6 nitrogen and oxygen atoms in total. The Morgan fingerprint density at radius 1 is 1.52 bits per heavy atom. The summed E-state index contributed by atoms with van der Waals surface area (Å²) in [6.45, 7) is 2.29. The van der Waals surface area contributed by atoms with Gasteiger partial charge in [0, 0.05) is 6.54 Å². The maximum Gasteiger partial charge on any atom is 0.334 e. The van der Waals surface area contributed by atoms with Crippen molar-refractivity contribution in [2.24, 2.45) is 0 Å². The Bertz CT molecular complexity index is 548. The van der Waals surface area contributed by atoms with Gasteiger partial charge in [-0.25, -0.2) is 4.79 Å². The SMILES string of the molecule is Cc1ccc(Cl)c(OCC(=O)N2CCOC(C(=O)O)C2)c1. The lowest BCUT2D eigenvalue weighted by Crippen LogP contribution is -2.49. The zero-order chi connectivity index (χ0) is 15.4. The molecular weight excluding hydrogens is 298 g/mol. The maximum absolute atomic E-state index is 12.0. The number of halogens is 1. The van der Waals surface area contributed by atoms with Gasteiger partial charge in [-0.05, 0) is 24.6 Å². The first-order valence-electron chi connectivity index (χ1n) is 6.48. The molecule has 2 rings (SSSR count). The van der Waals surface area contributed by atoms with Crippen LogP contribution in [0.2, 0.25) is 5.02 Å². The molecule has 1 heterocycles. The minimum Gasteiger partial charge on any atom is -0.482 e. The summed E-state index contributed by atoms with van der Waals surface area (Å²) in [6.07, 6.45) is -0.981. The Morgan fingerprint density at radius 3 is 3.00 bits per heavy atom. The third kappa shape index (κ3) is 4.09.